The van der Waals surface area contributed by atoms with Gasteiger partial charge in [-0.05, 0) is 36.3 Å². The zero-order valence-corrected chi connectivity index (χ0v) is 17.3. The predicted octanol–water partition coefficient (Wildman–Crippen LogP) is 5.21. The highest BCUT2D eigenvalue weighted by Gasteiger charge is 2.18. The monoisotopic (exact) mass is 403 g/mol. The molecule has 2 heterocycles. The lowest BCUT2D eigenvalue weighted by Gasteiger charge is -2.08. The first kappa shape index (κ1) is 19.0. The molecule has 0 saturated carbocycles. The van der Waals surface area contributed by atoms with Crippen molar-refractivity contribution >= 4 is 23.5 Å². The molecule has 0 aliphatic rings. The van der Waals surface area contributed by atoms with Gasteiger partial charge in [-0.25, -0.2) is 0 Å². The van der Waals surface area contributed by atoms with E-state index in [-0.39, 0.29) is 0 Å². The van der Waals surface area contributed by atoms with E-state index in [0.717, 1.165) is 38.8 Å². The van der Waals surface area contributed by atoms with Gasteiger partial charge >= 0.3 is 0 Å². The molecule has 0 bridgehead atoms. The zero-order valence-electron chi connectivity index (χ0n) is 16.5. The summed E-state index contributed by atoms with van der Waals surface area (Å²) in [5, 5.41) is 6.33. The molecule has 6 heteroatoms. The molecule has 4 aromatic rings. The molecule has 146 valence electrons. The van der Waals surface area contributed by atoms with Crippen molar-refractivity contribution in [2.45, 2.75) is 6.92 Å². The molecule has 0 spiro atoms. The molecule has 0 N–H and O–H groups in total. The Balaban J connectivity index is 1.80. The number of benzene rings is 2. The van der Waals surface area contributed by atoms with Crippen molar-refractivity contribution in [3.05, 3.63) is 81.8 Å². The summed E-state index contributed by atoms with van der Waals surface area (Å²) in [6.45, 7) is 1.95. The van der Waals surface area contributed by atoms with Crippen LogP contribution in [0.15, 0.2) is 69.5 Å². The molecule has 2 aromatic heterocycles. The maximum absolute atomic E-state index is 5.66. The van der Waals surface area contributed by atoms with E-state index in [1.54, 1.807) is 25.5 Å². The SMILES string of the molecule is CN=c1scc(-c2ccccc2)n1-c1c(C)noc1/C=C/c1ccc(OC)cc1. The summed E-state index contributed by atoms with van der Waals surface area (Å²) < 4.78 is 13.0. The maximum atomic E-state index is 5.66. The molecule has 5 nitrogen and oxygen atoms in total. The molecular formula is C23H21N3O2S. The first-order valence-electron chi connectivity index (χ1n) is 9.19. The van der Waals surface area contributed by atoms with Crippen LogP contribution in [-0.4, -0.2) is 23.9 Å². The van der Waals surface area contributed by atoms with Crippen molar-refractivity contribution < 1.29 is 9.26 Å². The Kier molecular flexibility index (Phi) is 5.44. The van der Waals surface area contributed by atoms with Gasteiger partial charge in [-0.3, -0.25) is 9.56 Å². The second-order valence-electron chi connectivity index (χ2n) is 6.42. The maximum Gasteiger partial charge on any atom is 0.189 e. The van der Waals surface area contributed by atoms with E-state index >= 15 is 0 Å². The topological polar surface area (TPSA) is 52.5 Å². The van der Waals surface area contributed by atoms with E-state index in [2.05, 4.69) is 32.2 Å². The third-order valence-electron chi connectivity index (χ3n) is 4.59. The minimum absolute atomic E-state index is 0.684. The number of aromatic nitrogens is 2. The Bertz CT molecular complexity index is 1200. The molecular weight excluding hydrogens is 382 g/mol. The molecule has 0 aliphatic carbocycles. The van der Waals surface area contributed by atoms with Gasteiger partial charge in [0.1, 0.15) is 17.1 Å². The van der Waals surface area contributed by atoms with Gasteiger partial charge in [0.25, 0.3) is 0 Å². The summed E-state index contributed by atoms with van der Waals surface area (Å²) in [5.74, 6) is 1.51. The zero-order chi connectivity index (χ0) is 20.2. The predicted molar refractivity (Wildman–Crippen MR) is 117 cm³/mol. The Labute approximate surface area is 173 Å². The van der Waals surface area contributed by atoms with Gasteiger partial charge in [0, 0.05) is 12.4 Å². The third-order valence-corrected chi connectivity index (χ3v) is 5.51. The van der Waals surface area contributed by atoms with Crippen LogP contribution in [0.25, 0.3) is 29.1 Å². The van der Waals surface area contributed by atoms with Crippen LogP contribution in [0.5, 0.6) is 5.75 Å². The van der Waals surface area contributed by atoms with Gasteiger partial charge in [0.2, 0.25) is 0 Å². The van der Waals surface area contributed by atoms with Crippen molar-refractivity contribution in [2.24, 2.45) is 4.99 Å². The molecule has 0 aliphatic heterocycles. The van der Waals surface area contributed by atoms with Crippen LogP contribution >= 0.6 is 11.3 Å². The highest BCUT2D eigenvalue weighted by Crippen LogP contribution is 2.28. The van der Waals surface area contributed by atoms with E-state index < -0.39 is 0 Å². The lowest BCUT2D eigenvalue weighted by atomic mass is 10.1. The number of thiazole rings is 1. The fourth-order valence-electron chi connectivity index (χ4n) is 3.14. The molecule has 0 amide bonds. The van der Waals surface area contributed by atoms with Crippen molar-refractivity contribution in [3.63, 3.8) is 0 Å². The van der Waals surface area contributed by atoms with E-state index in [4.69, 9.17) is 9.26 Å². The molecule has 0 radical (unpaired) electrons. The number of aryl methyl sites for hydroxylation is 1. The van der Waals surface area contributed by atoms with E-state index in [9.17, 15) is 0 Å². The van der Waals surface area contributed by atoms with Crippen molar-refractivity contribution in [3.8, 4) is 22.7 Å². The van der Waals surface area contributed by atoms with Gasteiger partial charge in [-0.15, -0.1) is 11.3 Å². The van der Waals surface area contributed by atoms with Gasteiger partial charge < -0.3 is 9.26 Å². The van der Waals surface area contributed by atoms with Crippen LogP contribution in [0.3, 0.4) is 0 Å². The second-order valence-corrected chi connectivity index (χ2v) is 7.25. The van der Waals surface area contributed by atoms with Crippen LogP contribution in [-0.2, 0) is 0 Å². The van der Waals surface area contributed by atoms with Crippen molar-refractivity contribution in [1.29, 1.82) is 0 Å². The fraction of sp³-hybridized carbons (Fsp3) is 0.130. The van der Waals surface area contributed by atoms with Crippen LogP contribution in [0.1, 0.15) is 17.0 Å². The first-order valence-corrected chi connectivity index (χ1v) is 10.1. The standard InChI is InChI=1S/C23H21N3O2S/c1-16-22(21(28-25-16)14-11-17-9-12-19(27-3)13-10-17)26-20(15-29-23(26)24-2)18-7-5-4-6-8-18/h4-15H,1-3H3/b14-11+,24-23?. The van der Waals surface area contributed by atoms with Gasteiger partial charge in [0.05, 0.1) is 12.8 Å². The van der Waals surface area contributed by atoms with Gasteiger partial charge in [0.15, 0.2) is 10.6 Å². The lowest BCUT2D eigenvalue weighted by molar-refractivity contribution is 0.408. The lowest BCUT2D eigenvalue weighted by Crippen LogP contribution is -2.15. The number of methoxy groups -OCH3 is 1. The summed E-state index contributed by atoms with van der Waals surface area (Å²) in [6, 6.07) is 18.1. The second kappa shape index (κ2) is 8.32. The largest absolute Gasteiger partial charge is 0.497 e. The molecule has 2 aromatic carbocycles. The summed E-state index contributed by atoms with van der Waals surface area (Å²) in [7, 11) is 3.46. The summed E-state index contributed by atoms with van der Waals surface area (Å²) in [6.07, 6.45) is 3.94. The minimum atomic E-state index is 0.684. The van der Waals surface area contributed by atoms with Crippen molar-refractivity contribution in [1.82, 2.24) is 9.72 Å². The average molecular weight is 404 g/mol. The summed E-state index contributed by atoms with van der Waals surface area (Å²) in [4.78, 5) is 5.35. The normalized spacial score (nSPS) is 12.0. The van der Waals surface area contributed by atoms with Crippen LogP contribution < -0.4 is 9.54 Å². The highest BCUT2D eigenvalue weighted by atomic mass is 32.1. The Morgan fingerprint density at radius 2 is 1.83 bits per heavy atom. The van der Waals surface area contributed by atoms with Gasteiger partial charge in [-0.1, -0.05) is 53.7 Å². The molecule has 29 heavy (non-hydrogen) atoms. The minimum Gasteiger partial charge on any atom is -0.497 e. The Morgan fingerprint density at radius 3 is 2.52 bits per heavy atom. The van der Waals surface area contributed by atoms with E-state index in [1.165, 1.54) is 0 Å². The Morgan fingerprint density at radius 1 is 1.07 bits per heavy atom. The molecule has 0 fully saturated rings. The summed E-state index contributed by atoms with van der Waals surface area (Å²) >= 11 is 1.59. The number of ether oxygens (including phenoxy) is 1. The third kappa shape index (κ3) is 3.79. The number of hydrogen-bond acceptors (Lipinski definition) is 5. The first-order chi connectivity index (χ1) is 14.2. The summed E-state index contributed by atoms with van der Waals surface area (Å²) in [5.41, 5.74) is 4.93. The fourth-order valence-corrected chi connectivity index (χ4v) is 4.00. The number of hydrogen-bond donors (Lipinski definition) is 0. The average Bonchev–Trinajstić information content (AvgIpc) is 3.35. The molecule has 4 rings (SSSR count). The van der Waals surface area contributed by atoms with Crippen molar-refractivity contribution in [2.75, 3.05) is 14.2 Å². The van der Waals surface area contributed by atoms with Crippen LogP contribution in [0.2, 0.25) is 0 Å². The highest BCUT2D eigenvalue weighted by molar-refractivity contribution is 7.07. The molecule has 0 atom stereocenters. The molecule has 0 unspecified atom stereocenters. The van der Waals surface area contributed by atoms with E-state index in [0.29, 0.717) is 5.76 Å². The number of rotatable bonds is 5. The van der Waals surface area contributed by atoms with E-state index in [1.807, 2.05) is 61.5 Å². The van der Waals surface area contributed by atoms with Crippen LogP contribution in [0.4, 0.5) is 0 Å². The molecule has 0 saturated heterocycles. The number of nitrogens with zero attached hydrogens (tertiary/aromatic N) is 3. The quantitative estimate of drug-likeness (QED) is 0.459. The van der Waals surface area contributed by atoms with Crippen LogP contribution in [0, 0.1) is 6.92 Å². The smallest absolute Gasteiger partial charge is 0.189 e. The van der Waals surface area contributed by atoms with Gasteiger partial charge in [-0.2, -0.15) is 0 Å². The Hall–Kier alpha value is -3.38.